The minimum atomic E-state index is -3.78. The lowest BCUT2D eigenvalue weighted by Crippen LogP contribution is -2.18. The molecule has 1 aliphatic rings. The number of primary sulfonamides is 1. The summed E-state index contributed by atoms with van der Waals surface area (Å²) >= 11 is 0. The molecule has 0 amide bonds. The summed E-state index contributed by atoms with van der Waals surface area (Å²) in [7, 11) is -7.17. The number of aryl methyl sites for hydroxylation is 1. The van der Waals surface area contributed by atoms with Gasteiger partial charge in [-0.2, -0.15) is 0 Å². The van der Waals surface area contributed by atoms with Crippen molar-refractivity contribution in [2.45, 2.75) is 31.1 Å². The van der Waals surface area contributed by atoms with Crippen molar-refractivity contribution in [3.8, 4) is 0 Å². The van der Waals surface area contributed by atoms with E-state index in [0.29, 0.717) is 23.6 Å². The first-order valence-corrected chi connectivity index (χ1v) is 9.51. The van der Waals surface area contributed by atoms with E-state index in [4.69, 9.17) is 5.14 Å². The fourth-order valence-electron chi connectivity index (χ4n) is 1.99. The Balaban J connectivity index is 2.11. The maximum absolute atomic E-state index is 11.9. The maximum atomic E-state index is 11.9. The first-order chi connectivity index (χ1) is 9.17. The second-order valence-electron chi connectivity index (χ2n) is 5.18. The van der Waals surface area contributed by atoms with E-state index in [1.165, 1.54) is 18.2 Å². The molecule has 2 rings (SSSR count). The van der Waals surface area contributed by atoms with Gasteiger partial charge in [-0.25, -0.2) is 22.0 Å². The van der Waals surface area contributed by atoms with Gasteiger partial charge in [-0.1, -0.05) is 12.8 Å². The smallest absolute Gasteiger partial charge is 0.238 e. The van der Waals surface area contributed by atoms with Crippen LogP contribution in [0.1, 0.15) is 24.8 Å². The highest BCUT2D eigenvalue weighted by Gasteiger charge is 2.24. The first-order valence-electron chi connectivity index (χ1n) is 6.31. The average molecular weight is 318 g/mol. The number of rotatable bonds is 6. The van der Waals surface area contributed by atoms with Crippen molar-refractivity contribution in [2.75, 3.05) is 10.5 Å². The third-order valence-electron chi connectivity index (χ3n) is 3.25. The van der Waals surface area contributed by atoms with Crippen LogP contribution in [0.5, 0.6) is 0 Å². The zero-order chi connectivity index (χ0) is 15.0. The summed E-state index contributed by atoms with van der Waals surface area (Å²) in [5, 5.41) is 5.06. The van der Waals surface area contributed by atoms with Crippen LogP contribution in [0.4, 0.5) is 5.69 Å². The van der Waals surface area contributed by atoms with Crippen molar-refractivity contribution in [3.63, 3.8) is 0 Å². The van der Waals surface area contributed by atoms with Gasteiger partial charge in [0.2, 0.25) is 20.0 Å². The molecule has 1 aromatic carbocycles. The van der Waals surface area contributed by atoms with Crippen molar-refractivity contribution >= 4 is 25.7 Å². The van der Waals surface area contributed by atoms with Gasteiger partial charge in [-0.15, -0.1) is 0 Å². The van der Waals surface area contributed by atoms with Crippen LogP contribution in [0.25, 0.3) is 0 Å². The van der Waals surface area contributed by atoms with E-state index in [1.807, 2.05) is 0 Å². The van der Waals surface area contributed by atoms with Crippen molar-refractivity contribution in [1.82, 2.24) is 0 Å². The molecule has 1 saturated carbocycles. The average Bonchev–Trinajstić information content (AvgIpc) is 3.07. The van der Waals surface area contributed by atoms with Gasteiger partial charge in [0.15, 0.2) is 0 Å². The lowest BCUT2D eigenvalue weighted by molar-refractivity contribution is 0.595. The van der Waals surface area contributed by atoms with Gasteiger partial charge in [0.05, 0.1) is 10.6 Å². The van der Waals surface area contributed by atoms with Crippen molar-refractivity contribution in [2.24, 2.45) is 11.1 Å². The van der Waals surface area contributed by atoms with E-state index < -0.39 is 20.0 Å². The molecule has 0 unspecified atom stereocenters. The molecular formula is C12H18N2O4S2. The Kier molecular flexibility index (Phi) is 4.08. The number of hydrogen-bond acceptors (Lipinski definition) is 4. The molecule has 1 aliphatic carbocycles. The van der Waals surface area contributed by atoms with Crippen LogP contribution >= 0.6 is 0 Å². The van der Waals surface area contributed by atoms with Crippen molar-refractivity contribution in [3.05, 3.63) is 23.8 Å². The fraction of sp³-hybridized carbons (Fsp3) is 0.500. The second-order valence-corrected chi connectivity index (χ2v) is 8.55. The zero-order valence-corrected chi connectivity index (χ0v) is 12.8. The number of benzene rings is 1. The molecule has 0 heterocycles. The molecule has 0 spiro atoms. The van der Waals surface area contributed by atoms with Crippen molar-refractivity contribution in [1.29, 1.82) is 0 Å². The second kappa shape index (κ2) is 5.34. The Morgan fingerprint density at radius 3 is 2.40 bits per heavy atom. The van der Waals surface area contributed by atoms with Crippen LogP contribution in [0.15, 0.2) is 23.1 Å². The van der Waals surface area contributed by atoms with Gasteiger partial charge >= 0.3 is 0 Å². The van der Waals surface area contributed by atoms with Gasteiger partial charge in [0.1, 0.15) is 0 Å². The van der Waals surface area contributed by atoms with Crippen LogP contribution < -0.4 is 9.86 Å². The molecule has 3 N–H and O–H groups in total. The Hall–Kier alpha value is -1.12. The van der Waals surface area contributed by atoms with Gasteiger partial charge in [0, 0.05) is 5.69 Å². The molecule has 0 aromatic heterocycles. The van der Waals surface area contributed by atoms with E-state index in [9.17, 15) is 16.8 Å². The summed E-state index contributed by atoms with van der Waals surface area (Å²) in [5.41, 5.74) is 0.764. The third kappa shape index (κ3) is 4.19. The highest BCUT2D eigenvalue weighted by Crippen LogP contribution is 2.32. The topological polar surface area (TPSA) is 106 Å². The molecule has 0 radical (unpaired) electrons. The van der Waals surface area contributed by atoms with Crippen LogP contribution in [0, 0.1) is 12.8 Å². The van der Waals surface area contributed by atoms with Gasteiger partial charge in [0.25, 0.3) is 0 Å². The Labute approximate surface area is 119 Å². The Morgan fingerprint density at radius 2 is 1.90 bits per heavy atom. The summed E-state index contributed by atoms with van der Waals surface area (Å²) in [5.74, 6) is 0.631. The maximum Gasteiger partial charge on any atom is 0.238 e. The number of sulfonamides is 2. The van der Waals surface area contributed by atoms with Crippen LogP contribution in [0.2, 0.25) is 0 Å². The summed E-state index contributed by atoms with van der Waals surface area (Å²) in [6.45, 7) is 1.57. The van der Waals surface area contributed by atoms with Gasteiger partial charge in [-0.05, 0) is 43.0 Å². The third-order valence-corrected chi connectivity index (χ3v) is 5.64. The monoisotopic (exact) mass is 318 g/mol. The highest BCUT2D eigenvalue weighted by atomic mass is 32.2. The van der Waals surface area contributed by atoms with E-state index in [1.54, 1.807) is 6.92 Å². The normalized spacial score (nSPS) is 16.1. The Morgan fingerprint density at radius 1 is 1.25 bits per heavy atom. The lowest BCUT2D eigenvalue weighted by atomic mass is 10.2. The minimum absolute atomic E-state index is 0.00146. The first kappa shape index (κ1) is 15.3. The summed E-state index contributed by atoms with van der Waals surface area (Å²) < 4.78 is 48.7. The van der Waals surface area contributed by atoms with Crippen LogP contribution in [-0.4, -0.2) is 22.6 Å². The quantitative estimate of drug-likeness (QED) is 0.821. The predicted molar refractivity (Wildman–Crippen MR) is 77.3 cm³/mol. The van der Waals surface area contributed by atoms with Gasteiger partial charge in [-0.3, -0.25) is 4.72 Å². The molecule has 1 aromatic rings. The summed E-state index contributed by atoms with van der Waals surface area (Å²) in [4.78, 5) is -0.00146. The molecule has 20 heavy (non-hydrogen) atoms. The minimum Gasteiger partial charge on any atom is -0.284 e. The standard InChI is InChI=1S/C12H18N2O4S2/c1-9-8-11(4-5-12(9)20(13,17)18)14-19(15,16)7-6-10-2-3-10/h4-5,8,10,14H,2-3,6-7H2,1H3,(H2,13,17,18). The molecule has 112 valence electrons. The van der Waals surface area contributed by atoms with Crippen molar-refractivity contribution < 1.29 is 16.8 Å². The predicted octanol–water partition coefficient (Wildman–Crippen LogP) is 1.18. The van der Waals surface area contributed by atoms with E-state index in [2.05, 4.69) is 4.72 Å². The van der Waals surface area contributed by atoms with Gasteiger partial charge < -0.3 is 0 Å². The fourth-order valence-corrected chi connectivity index (χ4v) is 3.99. The molecule has 8 heteroatoms. The molecule has 1 fully saturated rings. The molecule has 6 nitrogen and oxygen atoms in total. The molecule has 0 aliphatic heterocycles. The van der Waals surface area contributed by atoms with E-state index >= 15 is 0 Å². The SMILES string of the molecule is Cc1cc(NS(=O)(=O)CCC2CC2)ccc1S(N)(=O)=O. The zero-order valence-electron chi connectivity index (χ0n) is 11.2. The summed E-state index contributed by atoms with van der Waals surface area (Å²) in [6.07, 6.45) is 2.89. The summed E-state index contributed by atoms with van der Waals surface area (Å²) in [6, 6.07) is 4.18. The largest absolute Gasteiger partial charge is 0.284 e. The number of nitrogens with one attached hydrogen (secondary N) is 1. The van der Waals surface area contributed by atoms with E-state index in [-0.39, 0.29) is 10.6 Å². The molecule has 0 saturated heterocycles. The van der Waals surface area contributed by atoms with Crippen LogP contribution in [0.3, 0.4) is 0 Å². The van der Waals surface area contributed by atoms with E-state index in [0.717, 1.165) is 12.8 Å². The Bertz CT molecular complexity index is 707. The van der Waals surface area contributed by atoms with Crippen LogP contribution in [-0.2, 0) is 20.0 Å². The lowest BCUT2D eigenvalue weighted by Gasteiger charge is -2.10. The molecule has 0 atom stereocenters. The number of nitrogens with two attached hydrogens (primary N) is 1. The number of hydrogen-bond donors (Lipinski definition) is 2. The number of anilines is 1. The molecule has 0 bridgehead atoms. The highest BCUT2D eigenvalue weighted by molar-refractivity contribution is 7.92. The molecular weight excluding hydrogens is 300 g/mol.